The van der Waals surface area contributed by atoms with E-state index in [4.69, 9.17) is 9.47 Å². The van der Waals surface area contributed by atoms with Gasteiger partial charge < -0.3 is 20.1 Å². The van der Waals surface area contributed by atoms with Gasteiger partial charge in [0.2, 0.25) is 0 Å². The lowest BCUT2D eigenvalue weighted by Gasteiger charge is -2.19. The van der Waals surface area contributed by atoms with Gasteiger partial charge in [-0.2, -0.15) is 0 Å². The fourth-order valence-corrected chi connectivity index (χ4v) is 3.70. The zero-order chi connectivity index (χ0) is 21.9. The number of hydrogen-bond acceptors (Lipinski definition) is 6. The molecule has 0 fully saturated rings. The summed E-state index contributed by atoms with van der Waals surface area (Å²) < 4.78 is 10.9. The Hall–Kier alpha value is -1.72. The van der Waals surface area contributed by atoms with E-state index in [0.717, 1.165) is 11.6 Å². The topological polar surface area (TPSA) is 84.8 Å². The summed E-state index contributed by atoms with van der Waals surface area (Å²) in [4.78, 5) is 21.4. The number of ether oxygens (including phenoxy) is 2. The third-order valence-corrected chi connectivity index (χ3v) is 5.67. The van der Waals surface area contributed by atoms with Crippen molar-refractivity contribution in [1.82, 2.24) is 15.6 Å². The van der Waals surface area contributed by atoms with Crippen molar-refractivity contribution in [2.75, 3.05) is 26.8 Å². The highest BCUT2D eigenvalue weighted by atomic mass is 127. The number of aliphatic imine (C=N–C) groups is 1. The van der Waals surface area contributed by atoms with Crippen LogP contribution in [0.2, 0.25) is 0 Å². The number of esters is 1. The minimum Gasteiger partial charge on any atom is -0.462 e. The van der Waals surface area contributed by atoms with Crippen molar-refractivity contribution in [3.05, 3.63) is 51.5 Å². The molecule has 0 saturated carbocycles. The van der Waals surface area contributed by atoms with E-state index in [1.165, 1.54) is 16.9 Å². The molecule has 0 radical (unpaired) electrons. The minimum atomic E-state index is -0.321. The zero-order valence-electron chi connectivity index (χ0n) is 18.8. The standard InChI is InChI=1S/C22H32N4O3S.HI/c1-6-29-21(27)19-16(3)25-20(30-19)17(4)26-22(23-5)24-12-15(2)13-28-14-18-10-8-7-9-11-18;/h7-11,15,17H,6,12-14H2,1-5H3,(H2,23,24,26);1H. The van der Waals surface area contributed by atoms with E-state index in [2.05, 4.69) is 39.7 Å². The second-order valence-electron chi connectivity index (χ2n) is 7.11. The number of nitrogens with zero attached hydrogens (tertiary/aromatic N) is 2. The van der Waals surface area contributed by atoms with Crippen molar-refractivity contribution in [3.8, 4) is 0 Å². The van der Waals surface area contributed by atoms with Gasteiger partial charge in [-0.1, -0.05) is 37.3 Å². The molecule has 172 valence electrons. The van der Waals surface area contributed by atoms with Gasteiger partial charge in [0.25, 0.3) is 0 Å². The molecule has 0 aliphatic heterocycles. The highest BCUT2D eigenvalue weighted by molar-refractivity contribution is 14.0. The molecule has 2 unspecified atom stereocenters. The predicted molar refractivity (Wildman–Crippen MR) is 136 cm³/mol. The number of guanidine groups is 1. The summed E-state index contributed by atoms with van der Waals surface area (Å²) in [6.07, 6.45) is 0. The molecular weight excluding hydrogens is 527 g/mol. The highest BCUT2D eigenvalue weighted by Crippen LogP contribution is 2.24. The van der Waals surface area contributed by atoms with Gasteiger partial charge in [0, 0.05) is 13.6 Å². The molecule has 1 aromatic carbocycles. The first kappa shape index (κ1) is 27.3. The van der Waals surface area contributed by atoms with Gasteiger partial charge in [0.1, 0.15) is 9.88 Å². The molecule has 2 atom stereocenters. The van der Waals surface area contributed by atoms with Gasteiger partial charge in [-0.3, -0.25) is 4.99 Å². The van der Waals surface area contributed by atoms with Crippen LogP contribution in [0.3, 0.4) is 0 Å². The number of aromatic nitrogens is 1. The minimum absolute atomic E-state index is 0. The van der Waals surface area contributed by atoms with Crippen LogP contribution < -0.4 is 10.6 Å². The van der Waals surface area contributed by atoms with E-state index in [0.29, 0.717) is 42.3 Å². The second kappa shape index (κ2) is 14.4. The van der Waals surface area contributed by atoms with Gasteiger partial charge in [-0.25, -0.2) is 9.78 Å². The molecule has 0 aliphatic carbocycles. The summed E-state index contributed by atoms with van der Waals surface area (Å²) in [6, 6.07) is 10.1. The molecule has 0 aliphatic rings. The lowest BCUT2D eigenvalue weighted by atomic mass is 10.2. The summed E-state index contributed by atoms with van der Waals surface area (Å²) in [5.41, 5.74) is 1.86. The first-order valence-electron chi connectivity index (χ1n) is 10.2. The van der Waals surface area contributed by atoms with E-state index < -0.39 is 0 Å². The smallest absolute Gasteiger partial charge is 0.350 e. The van der Waals surface area contributed by atoms with Crippen LogP contribution in [0.25, 0.3) is 0 Å². The number of halogens is 1. The molecule has 0 spiro atoms. The van der Waals surface area contributed by atoms with Gasteiger partial charge in [0.05, 0.1) is 31.6 Å². The van der Waals surface area contributed by atoms with Crippen molar-refractivity contribution < 1.29 is 14.3 Å². The Morgan fingerprint density at radius 1 is 1.26 bits per heavy atom. The third-order valence-electron chi connectivity index (χ3n) is 4.35. The maximum absolute atomic E-state index is 12.0. The summed E-state index contributed by atoms with van der Waals surface area (Å²) in [6.45, 7) is 10.1. The van der Waals surface area contributed by atoms with E-state index in [1.807, 2.05) is 32.0 Å². The van der Waals surface area contributed by atoms with Gasteiger partial charge in [0.15, 0.2) is 5.96 Å². The maximum Gasteiger partial charge on any atom is 0.350 e. The van der Waals surface area contributed by atoms with Crippen molar-refractivity contribution in [3.63, 3.8) is 0 Å². The highest BCUT2D eigenvalue weighted by Gasteiger charge is 2.20. The van der Waals surface area contributed by atoms with Crippen LogP contribution in [-0.4, -0.2) is 43.7 Å². The number of hydrogen-bond donors (Lipinski definition) is 2. The average molecular weight is 561 g/mol. The number of carbonyl (C=O) groups excluding carboxylic acids is 1. The Labute approximate surface area is 206 Å². The summed E-state index contributed by atoms with van der Waals surface area (Å²) in [5, 5.41) is 7.47. The molecule has 7 nitrogen and oxygen atoms in total. The van der Waals surface area contributed by atoms with Crippen molar-refractivity contribution >= 4 is 47.2 Å². The number of carbonyl (C=O) groups is 1. The first-order valence-corrected chi connectivity index (χ1v) is 11.0. The van der Waals surface area contributed by atoms with Crippen LogP contribution >= 0.6 is 35.3 Å². The van der Waals surface area contributed by atoms with Gasteiger partial charge >= 0.3 is 5.97 Å². The number of aryl methyl sites for hydroxylation is 1. The molecule has 0 bridgehead atoms. The molecular formula is C22H33IN4O3S. The van der Waals surface area contributed by atoms with E-state index in [9.17, 15) is 4.79 Å². The van der Waals surface area contributed by atoms with Crippen LogP contribution in [0.1, 0.15) is 52.7 Å². The Morgan fingerprint density at radius 3 is 2.61 bits per heavy atom. The lowest BCUT2D eigenvalue weighted by Crippen LogP contribution is -2.41. The van der Waals surface area contributed by atoms with Gasteiger partial charge in [-0.05, 0) is 32.3 Å². The molecule has 1 aromatic heterocycles. The van der Waals surface area contributed by atoms with Crippen LogP contribution in [0.4, 0.5) is 0 Å². The molecule has 0 amide bonds. The Bertz CT molecular complexity index is 829. The molecule has 31 heavy (non-hydrogen) atoms. The monoisotopic (exact) mass is 560 g/mol. The normalized spacial score (nSPS) is 13.1. The maximum atomic E-state index is 12.0. The van der Waals surface area contributed by atoms with E-state index >= 15 is 0 Å². The summed E-state index contributed by atoms with van der Waals surface area (Å²) >= 11 is 1.35. The molecule has 0 saturated heterocycles. The zero-order valence-corrected chi connectivity index (χ0v) is 22.0. The first-order chi connectivity index (χ1) is 14.4. The van der Waals surface area contributed by atoms with E-state index in [1.54, 1.807) is 14.0 Å². The SMILES string of the molecule is CCOC(=O)c1sc(C(C)NC(=NC)NCC(C)COCc2ccccc2)nc1C.I. The fraction of sp³-hybridized carbons (Fsp3) is 0.500. The Balaban J connectivity index is 0.00000480. The molecule has 2 rings (SSSR count). The fourth-order valence-electron chi connectivity index (χ4n) is 2.73. The van der Waals surface area contributed by atoms with Gasteiger partial charge in [-0.15, -0.1) is 35.3 Å². The van der Waals surface area contributed by atoms with Crippen molar-refractivity contribution in [2.24, 2.45) is 10.9 Å². The molecule has 9 heteroatoms. The van der Waals surface area contributed by atoms with Crippen molar-refractivity contribution in [2.45, 2.75) is 40.3 Å². The van der Waals surface area contributed by atoms with E-state index in [-0.39, 0.29) is 36.0 Å². The molecule has 2 N–H and O–H groups in total. The number of nitrogens with one attached hydrogen (secondary N) is 2. The summed E-state index contributed by atoms with van der Waals surface area (Å²) in [7, 11) is 1.73. The number of rotatable bonds is 10. The van der Waals surface area contributed by atoms with Crippen LogP contribution in [0.15, 0.2) is 35.3 Å². The average Bonchev–Trinajstić information content (AvgIpc) is 3.14. The van der Waals surface area contributed by atoms with Crippen molar-refractivity contribution in [1.29, 1.82) is 0 Å². The van der Waals surface area contributed by atoms with Crippen LogP contribution in [0.5, 0.6) is 0 Å². The predicted octanol–water partition coefficient (Wildman–Crippen LogP) is 4.33. The Kier molecular flexibility index (Phi) is 12.7. The third kappa shape index (κ3) is 9.12. The quantitative estimate of drug-likeness (QED) is 0.195. The largest absolute Gasteiger partial charge is 0.462 e. The molecule has 1 heterocycles. The Morgan fingerprint density at radius 2 is 1.97 bits per heavy atom. The lowest BCUT2D eigenvalue weighted by molar-refractivity contribution is 0.0531. The van der Waals surface area contributed by atoms with Crippen LogP contribution in [-0.2, 0) is 16.1 Å². The van der Waals surface area contributed by atoms with Crippen LogP contribution in [0, 0.1) is 12.8 Å². The summed E-state index contributed by atoms with van der Waals surface area (Å²) in [5.74, 6) is 0.681. The second-order valence-corrected chi connectivity index (χ2v) is 8.14. The molecule has 2 aromatic rings. The number of thiazole rings is 1. The number of benzene rings is 1.